The van der Waals surface area contributed by atoms with E-state index >= 15 is 0 Å². The number of carboxylic acid groups (broad SMARTS) is 1. The average Bonchev–Trinajstić information content (AvgIpc) is 2.76. The highest BCUT2D eigenvalue weighted by molar-refractivity contribution is 5.95. The van der Waals surface area contributed by atoms with E-state index in [-0.39, 0.29) is 5.56 Å². The first kappa shape index (κ1) is 10.4. The van der Waals surface area contributed by atoms with E-state index in [9.17, 15) is 4.79 Å². The van der Waals surface area contributed by atoms with Crippen molar-refractivity contribution in [2.24, 2.45) is 0 Å². The Bertz CT molecular complexity index is 519. The molecule has 0 radical (unpaired) electrons. The monoisotopic (exact) mass is 217 g/mol. The van der Waals surface area contributed by atoms with E-state index in [0.29, 0.717) is 12.1 Å². The number of nitrogens with zero attached hydrogens (tertiary/aromatic N) is 3. The highest BCUT2D eigenvalue weighted by atomic mass is 16.4. The van der Waals surface area contributed by atoms with Crippen LogP contribution < -0.4 is 0 Å². The molecule has 0 fully saturated rings. The summed E-state index contributed by atoms with van der Waals surface area (Å²) >= 11 is 0. The van der Waals surface area contributed by atoms with E-state index in [1.165, 1.54) is 12.3 Å². The third-order valence-corrected chi connectivity index (χ3v) is 2.34. The van der Waals surface area contributed by atoms with Gasteiger partial charge in [0.25, 0.3) is 0 Å². The highest BCUT2D eigenvalue weighted by Gasteiger charge is 2.14. The molecule has 0 unspecified atom stereocenters. The van der Waals surface area contributed by atoms with Crippen LogP contribution in [0.25, 0.3) is 11.3 Å². The molecule has 0 aliphatic carbocycles. The lowest BCUT2D eigenvalue weighted by Gasteiger charge is -2.06. The Hall–Kier alpha value is -2.17. The molecule has 0 amide bonds. The number of aromatic carboxylic acids is 1. The predicted octanol–water partition coefficient (Wildman–Crippen LogP) is 1.66. The van der Waals surface area contributed by atoms with Crippen molar-refractivity contribution in [3.63, 3.8) is 0 Å². The molecule has 2 heterocycles. The van der Waals surface area contributed by atoms with Gasteiger partial charge in [0.05, 0.1) is 11.3 Å². The van der Waals surface area contributed by atoms with Gasteiger partial charge in [0.2, 0.25) is 0 Å². The number of hydrogen-bond donors (Lipinski definition) is 1. The van der Waals surface area contributed by atoms with Gasteiger partial charge in [-0.2, -0.15) is 5.10 Å². The van der Waals surface area contributed by atoms with Gasteiger partial charge in [0.15, 0.2) is 0 Å². The molecule has 0 aliphatic heterocycles. The van der Waals surface area contributed by atoms with Crippen molar-refractivity contribution in [1.29, 1.82) is 0 Å². The van der Waals surface area contributed by atoms with Crippen LogP contribution in [-0.4, -0.2) is 25.8 Å². The van der Waals surface area contributed by atoms with Crippen LogP contribution in [0.15, 0.2) is 30.7 Å². The smallest absolute Gasteiger partial charge is 0.336 e. The molecule has 5 heteroatoms. The van der Waals surface area contributed by atoms with E-state index in [2.05, 4.69) is 10.1 Å². The molecule has 0 bridgehead atoms. The van der Waals surface area contributed by atoms with Crippen LogP contribution in [0.5, 0.6) is 0 Å². The topological polar surface area (TPSA) is 68.0 Å². The standard InChI is InChI=1S/C11H11N3O2/c1-2-14-10(4-6-13-14)9-7-12-5-3-8(9)11(15)16/h3-7H,2H2,1H3,(H,15,16). The minimum absolute atomic E-state index is 0.241. The van der Waals surface area contributed by atoms with Crippen LogP contribution in [0.1, 0.15) is 17.3 Å². The number of aryl methyl sites for hydroxylation is 1. The molecule has 0 saturated carbocycles. The predicted molar refractivity (Wildman–Crippen MR) is 58.1 cm³/mol. The van der Waals surface area contributed by atoms with Gasteiger partial charge in [0.1, 0.15) is 0 Å². The molecule has 0 aromatic carbocycles. The van der Waals surface area contributed by atoms with Crippen LogP contribution in [0.2, 0.25) is 0 Å². The molecule has 0 spiro atoms. The van der Waals surface area contributed by atoms with Gasteiger partial charge in [-0.05, 0) is 19.1 Å². The summed E-state index contributed by atoms with van der Waals surface area (Å²) in [6, 6.07) is 3.28. The molecule has 1 N–H and O–H groups in total. The maximum absolute atomic E-state index is 11.1. The van der Waals surface area contributed by atoms with Gasteiger partial charge in [-0.25, -0.2) is 4.79 Å². The second kappa shape index (κ2) is 4.14. The Morgan fingerprint density at radius 3 is 2.94 bits per heavy atom. The Labute approximate surface area is 92.4 Å². The first-order chi connectivity index (χ1) is 7.74. The van der Waals surface area contributed by atoms with E-state index < -0.39 is 5.97 Å². The van der Waals surface area contributed by atoms with Crippen molar-refractivity contribution >= 4 is 5.97 Å². The van der Waals surface area contributed by atoms with Crippen molar-refractivity contribution in [2.45, 2.75) is 13.5 Å². The van der Waals surface area contributed by atoms with Gasteiger partial charge in [0, 0.05) is 30.7 Å². The molecule has 0 atom stereocenters. The third-order valence-electron chi connectivity index (χ3n) is 2.34. The summed E-state index contributed by atoms with van der Waals surface area (Å²) in [6.45, 7) is 2.64. The van der Waals surface area contributed by atoms with E-state index in [1.807, 2.05) is 6.92 Å². The minimum atomic E-state index is -0.957. The number of aromatic nitrogens is 3. The third kappa shape index (κ3) is 1.67. The molecular weight excluding hydrogens is 206 g/mol. The van der Waals surface area contributed by atoms with Gasteiger partial charge in [-0.1, -0.05) is 0 Å². The maximum atomic E-state index is 11.1. The van der Waals surface area contributed by atoms with Gasteiger partial charge in [-0.15, -0.1) is 0 Å². The van der Waals surface area contributed by atoms with Gasteiger partial charge < -0.3 is 5.11 Å². The molecule has 0 saturated heterocycles. The molecule has 2 aromatic heterocycles. The Kier molecular flexibility index (Phi) is 2.68. The fraction of sp³-hybridized carbons (Fsp3) is 0.182. The van der Waals surface area contributed by atoms with Crippen LogP contribution in [0, 0.1) is 0 Å². The van der Waals surface area contributed by atoms with Gasteiger partial charge >= 0.3 is 5.97 Å². The summed E-state index contributed by atoms with van der Waals surface area (Å²) in [6.07, 6.45) is 4.67. The first-order valence-electron chi connectivity index (χ1n) is 4.93. The maximum Gasteiger partial charge on any atom is 0.336 e. The Balaban J connectivity index is 2.60. The molecule has 16 heavy (non-hydrogen) atoms. The Morgan fingerprint density at radius 1 is 1.44 bits per heavy atom. The van der Waals surface area contributed by atoms with Crippen molar-refractivity contribution in [3.05, 3.63) is 36.3 Å². The summed E-state index contributed by atoms with van der Waals surface area (Å²) in [5.41, 5.74) is 1.60. The van der Waals surface area contributed by atoms with Gasteiger partial charge in [-0.3, -0.25) is 9.67 Å². The van der Waals surface area contributed by atoms with Crippen LogP contribution in [-0.2, 0) is 6.54 Å². The normalized spacial score (nSPS) is 10.3. The Morgan fingerprint density at radius 2 is 2.25 bits per heavy atom. The zero-order valence-electron chi connectivity index (χ0n) is 8.79. The molecular formula is C11H11N3O2. The molecule has 2 rings (SSSR count). The van der Waals surface area contributed by atoms with Crippen LogP contribution >= 0.6 is 0 Å². The van der Waals surface area contributed by atoms with Crippen molar-refractivity contribution in [1.82, 2.24) is 14.8 Å². The summed E-state index contributed by atoms with van der Waals surface area (Å²) in [5.74, 6) is -0.957. The zero-order chi connectivity index (χ0) is 11.5. The zero-order valence-corrected chi connectivity index (χ0v) is 8.79. The van der Waals surface area contributed by atoms with Crippen molar-refractivity contribution in [2.75, 3.05) is 0 Å². The summed E-state index contributed by atoms with van der Waals surface area (Å²) in [7, 11) is 0. The lowest BCUT2D eigenvalue weighted by Crippen LogP contribution is -2.04. The number of hydrogen-bond acceptors (Lipinski definition) is 3. The highest BCUT2D eigenvalue weighted by Crippen LogP contribution is 2.22. The molecule has 82 valence electrons. The number of rotatable bonds is 3. The molecule has 2 aromatic rings. The lowest BCUT2D eigenvalue weighted by molar-refractivity contribution is 0.0697. The fourth-order valence-corrected chi connectivity index (χ4v) is 1.60. The van der Waals surface area contributed by atoms with E-state index in [4.69, 9.17) is 5.11 Å². The quantitative estimate of drug-likeness (QED) is 0.849. The largest absolute Gasteiger partial charge is 0.478 e. The summed E-state index contributed by atoms with van der Waals surface area (Å²) < 4.78 is 1.74. The molecule has 0 aliphatic rings. The summed E-state index contributed by atoms with van der Waals surface area (Å²) in [4.78, 5) is 15.0. The lowest BCUT2D eigenvalue weighted by atomic mass is 10.1. The van der Waals surface area contributed by atoms with Crippen molar-refractivity contribution < 1.29 is 9.90 Å². The SMILES string of the molecule is CCn1nccc1-c1cnccc1C(=O)O. The van der Waals surface area contributed by atoms with E-state index in [1.54, 1.807) is 23.1 Å². The summed E-state index contributed by atoms with van der Waals surface area (Å²) in [5, 5.41) is 13.2. The number of carboxylic acids is 1. The minimum Gasteiger partial charge on any atom is -0.478 e. The number of carbonyl (C=O) groups is 1. The second-order valence-electron chi connectivity index (χ2n) is 3.26. The number of pyridine rings is 1. The second-order valence-corrected chi connectivity index (χ2v) is 3.26. The van der Waals surface area contributed by atoms with Crippen molar-refractivity contribution in [3.8, 4) is 11.3 Å². The first-order valence-corrected chi connectivity index (χ1v) is 4.93. The van der Waals surface area contributed by atoms with Crippen LogP contribution in [0.4, 0.5) is 0 Å². The fourth-order valence-electron chi connectivity index (χ4n) is 1.60. The molecule has 5 nitrogen and oxygen atoms in total. The van der Waals surface area contributed by atoms with Crippen LogP contribution in [0.3, 0.4) is 0 Å². The average molecular weight is 217 g/mol. The van der Waals surface area contributed by atoms with E-state index in [0.717, 1.165) is 5.69 Å².